The third-order valence-corrected chi connectivity index (χ3v) is 24.2. The van der Waals surface area contributed by atoms with E-state index in [9.17, 15) is 0 Å². The molecule has 1 aliphatic rings. The van der Waals surface area contributed by atoms with Crippen LogP contribution in [0.25, 0.3) is 73.8 Å². The zero-order valence-corrected chi connectivity index (χ0v) is 83.2. The Morgan fingerprint density at radius 3 is 1.08 bits per heavy atom. The van der Waals surface area contributed by atoms with Gasteiger partial charge in [-0.15, -0.1) is 10.2 Å². The van der Waals surface area contributed by atoms with Crippen LogP contribution in [0.2, 0.25) is 30.1 Å². The molecule has 142 heavy (non-hydrogen) atoms. The summed E-state index contributed by atoms with van der Waals surface area (Å²) in [6, 6.07) is 91.1. The Kier molecular flexibility index (Phi) is 34.5. The molecule has 0 saturated heterocycles. The lowest BCUT2D eigenvalue weighted by molar-refractivity contribution is 0.355. The first-order chi connectivity index (χ1) is 69.2. The van der Waals surface area contributed by atoms with E-state index >= 15 is 0 Å². The highest BCUT2D eigenvalue weighted by atomic mass is 35.5. The van der Waals surface area contributed by atoms with Crippen molar-refractivity contribution in [2.45, 2.75) is 104 Å². The maximum absolute atomic E-state index is 5.92. The van der Waals surface area contributed by atoms with Crippen molar-refractivity contribution in [1.82, 2.24) is 92.4 Å². The zero-order valence-electron chi connectivity index (χ0n) is 78.7. The van der Waals surface area contributed by atoms with E-state index in [2.05, 4.69) is 193 Å². The first kappa shape index (κ1) is 99.4. The Labute approximate surface area is 855 Å². The number of aromatic nitrogens is 19. The second kappa shape index (κ2) is 49.3. The van der Waals surface area contributed by atoms with Crippen LogP contribution in [0, 0.1) is 0 Å². The predicted octanol–water partition coefficient (Wildman–Crippen LogP) is 30.7. The van der Waals surface area contributed by atoms with E-state index in [1.807, 2.05) is 339 Å². The molecule has 0 spiro atoms. The molecule has 6 N–H and O–H groups in total. The van der Waals surface area contributed by atoms with Crippen molar-refractivity contribution in [2.75, 3.05) is 31.9 Å². The second-order valence-corrected chi connectivity index (χ2v) is 36.5. The van der Waals surface area contributed by atoms with Crippen LogP contribution in [0.3, 0.4) is 0 Å². The number of benzene rings is 8. The molecular weight excluding hydrogens is 1900 g/mol. The van der Waals surface area contributed by atoms with Gasteiger partial charge in [0, 0.05) is 215 Å². The number of rotatable bonds is 25. The third kappa shape index (κ3) is 28.1. The fourth-order valence-corrected chi connectivity index (χ4v) is 16.0. The molecule has 714 valence electrons. The lowest BCUT2D eigenvalue weighted by Crippen LogP contribution is -2.13. The molecule has 25 nitrogen and oxygen atoms in total. The van der Waals surface area contributed by atoms with Gasteiger partial charge in [-0.1, -0.05) is 137 Å². The number of anilines is 12. The van der Waals surface area contributed by atoms with E-state index in [-0.39, 0.29) is 0 Å². The van der Waals surface area contributed by atoms with Crippen molar-refractivity contribution >= 4 is 139 Å². The first-order valence-electron chi connectivity index (χ1n) is 46.3. The largest absolute Gasteiger partial charge is 0.340 e. The SMILES string of the molecule is CC(C)n1cnc(-c2ccc(Nc3ccc(Cl)cc3)nc2)c1.CC(C)n1cncc1-c1ccc(Nc2ccc(Cl)cc2)nc1.CC(C)n1cnnc1-c1ccc(Nc2ccc(Cl)cc2)nc1.Clc1ccc(Nc2ccc(-c3nccn3-c3ccccc3)cn2)cc1.Clc1ccc(Nc2ccc(-c3nccn3C3CCCCC3)cn2)cc1.Clc1ccc(Nc2ccc(-c3nccn3Cc3ccccc3)cn2)cc1. The molecule has 1 saturated carbocycles. The number of halogens is 6. The van der Waals surface area contributed by atoms with Gasteiger partial charge in [0.05, 0.1) is 30.2 Å². The van der Waals surface area contributed by atoms with Gasteiger partial charge in [-0.25, -0.2) is 54.8 Å². The van der Waals surface area contributed by atoms with Crippen LogP contribution >= 0.6 is 69.6 Å². The summed E-state index contributed by atoms with van der Waals surface area (Å²) in [5.41, 5.74) is 16.0. The minimum atomic E-state index is 0.303. The number of nitrogens with zero attached hydrogens (tertiary/aromatic N) is 19. The molecule has 1 fully saturated rings. The molecule has 1 aliphatic carbocycles. The quantitative estimate of drug-likeness (QED) is 0.0310. The van der Waals surface area contributed by atoms with Gasteiger partial charge in [-0.3, -0.25) is 4.57 Å². The van der Waals surface area contributed by atoms with Crippen molar-refractivity contribution in [3.05, 3.63) is 420 Å². The molecule has 0 amide bonds. The number of hydrogen-bond donors (Lipinski definition) is 6. The first-order valence-corrected chi connectivity index (χ1v) is 48.6. The average molecular weight is 2000 g/mol. The minimum Gasteiger partial charge on any atom is -0.340 e. The van der Waals surface area contributed by atoms with Gasteiger partial charge in [0.15, 0.2) is 5.82 Å². The normalized spacial score (nSPS) is 11.6. The number of imidazole rings is 5. The summed E-state index contributed by atoms with van der Waals surface area (Å²) < 4.78 is 12.7. The molecule has 12 aromatic heterocycles. The molecule has 20 aromatic rings. The fraction of sp³-hybridized carbons (Fsp3) is 0.144. The van der Waals surface area contributed by atoms with Crippen LogP contribution in [0.5, 0.6) is 0 Å². The van der Waals surface area contributed by atoms with Gasteiger partial charge in [0.2, 0.25) is 0 Å². The smallest absolute Gasteiger partial charge is 0.165 e. The van der Waals surface area contributed by atoms with Gasteiger partial charge < -0.3 is 54.7 Å². The van der Waals surface area contributed by atoms with E-state index in [4.69, 9.17) is 69.6 Å². The molecule has 0 bridgehead atoms. The molecule has 0 unspecified atom stereocenters. The Morgan fingerprint density at radius 1 is 0.310 bits per heavy atom. The summed E-state index contributed by atoms with van der Waals surface area (Å²) in [4.78, 5) is 49.0. The monoisotopic (exact) mass is 2000 g/mol. The zero-order chi connectivity index (χ0) is 98.5. The number of para-hydroxylation sites is 1. The Hall–Kier alpha value is -15.6. The van der Waals surface area contributed by atoms with Gasteiger partial charge in [0.1, 0.15) is 58.7 Å². The highest BCUT2D eigenvalue weighted by Gasteiger charge is 2.21. The van der Waals surface area contributed by atoms with Crippen molar-refractivity contribution in [1.29, 1.82) is 0 Å². The van der Waals surface area contributed by atoms with E-state index in [1.54, 1.807) is 18.7 Å². The summed E-state index contributed by atoms with van der Waals surface area (Å²) in [6.07, 6.45) is 38.4. The topological polar surface area (TPSA) is 269 Å². The van der Waals surface area contributed by atoms with Crippen LogP contribution in [0.15, 0.2) is 385 Å². The van der Waals surface area contributed by atoms with Gasteiger partial charge >= 0.3 is 0 Å². The van der Waals surface area contributed by atoms with Crippen molar-refractivity contribution < 1.29 is 0 Å². The Balaban J connectivity index is 0.000000123. The van der Waals surface area contributed by atoms with Crippen molar-refractivity contribution in [3.8, 4) is 73.8 Å². The molecular formula is C111H103Cl6N25. The molecule has 8 aromatic carbocycles. The van der Waals surface area contributed by atoms with Crippen LogP contribution < -0.4 is 31.9 Å². The fourth-order valence-electron chi connectivity index (χ4n) is 15.2. The van der Waals surface area contributed by atoms with E-state index in [0.29, 0.717) is 39.2 Å². The molecule has 0 radical (unpaired) electrons. The Morgan fingerprint density at radius 2 is 0.676 bits per heavy atom. The summed E-state index contributed by atoms with van der Waals surface area (Å²) in [7, 11) is 0. The van der Waals surface area contributed by atoms with Crippen molar-refractivity contribution in [3.63, 3.8) is 0 Å². The van der Waals surface area contributed by atoms with E-state index < -0.39 is 0 Å². The summed E-state index contributed by atoms with van der Waals surface area (Å²) in [6.45, 7) is 13.5. The average Bonchev–Trinajstić information content (AvgIpc) is 1.66. The highest BCUT2D eigenvalue weighted by molar-refractivity contribution is 6.32. The van der Waals surface area contributed by atoms with Crippen LogP contribution in [0.1, 0.15) is 103 Å². The summed E-state index contributed by atoms with van der Waals surface area (Å²) in [5.74, 6) is 8.29. The third-order valence-electron chi connectivity index (χ3n) is 22.7. The molecule has 0 aliphatic heterocycles. The van der Waals surface area contributed by atoms with E-state index in [0.717, 1.165) is 164 Å². The standard InChI is InChI=1S/C21H17ClN4.C20H21ClN4.C20H15ClN4.2C17H17ClN4.C16H16ClN5/c22-18-7-9-19(10-8-18)25-20-11-6-17(14-24-20)21-23-12-13-26(21)15-16-4-2-1-3-5-16;2*21-16-7-9-17(10-8-16)24-19-11-6-15(14-23-19)20-22-12-13-25(20)18-4-2-1-3-5-18;1-12(2)22-11-19-10-16(22)13-3-8-17(20-9-13)21-15-6-4-14(18)5-7-15;1-12(2)22-10-16(20-11-22)13-3-8-17(19-9-13)21-15-6-4-14(18)5-7-15;1-11(2)22-10-19-21-16(22)12-3-8-15(18-9-12)20-14-6-4-13(17)5-7-14/h1-14H,15H2,(H,24,25);6-14,18H,1-5H2,(H,23,24);1-14H,(H,23,24);3-12H,1-2H3,(H,20,21);3-12H,1-2H3,(H,19,21);3-11H,1-2H3,(H,18,20). The summed E-state index contributed by atoms with van der Waals surface area (Å²) >= 11 is 35.4. The molecule has 0 atom stereocenters. The van der Waals surface area contributed by atoms with Gasteiger partial charge in [0.25, 0.3) is 0 Å². The molecule has 21 rings (SSSR count). The van der Waals surface area contributed by atoms with E-state index in [1.165, 1.54) is 37.7 Å². The van der Waals surface area contributed by atoms with Crippen molar-refractivity contribution in [2.24, 2.45) is 0 Å². The van der Waals surface area contributed by atoms with Gasteiger partial charge in [-0.2, -0.15) is 0 Å². The number of hydrogen-bond acceptors (Lipinski definition) is 19. The Bertz CT molecular complexity index is 7110. The predicted molar refractivity (Wildman–Crippen MR) is 579 cm³/mol. The minimum absolute atomic E-state index is 0.303. The maximum Gasteiger partial charge on any atom is 0.165 e. The van der Waals surface area contributed by atoms with Crippen LogP contribution in [-0.4, -0.2) is 92.4 Å². The second-order valence-electron chi connectivity index (χ2n) is 33.9. The maximum atomic E-state index is 5.92. The lowest BCUT2D eigenvalue weighted by Gasteiger charge is -2.24. The number of pyridine rings is 6. The lowest BCUT2D eigenvalue weighted by atomic mass is 9.95. The highest BCUT2D eigenvalue weighted by Crippen LogP contribution is 2.35. The summed E-state index contributed by atoms with van der Waals surface area (Å²) in [5, 5.41) is 32.0. The van der Waals surface area contributed by atoms with Gasteiger partial charge in [-0.05, 0) is 290 Å². The number of nitrogens with one attached hydrogen (secondary N) is 6. The van der Waals surface area contributed by atoms with Crippen LogP contribution in [0.4, 0.5) is 69.0 Å². The molecule has 12 heterocycles. The van der Waals surface area contributed by atoms with Crippen LogP contribution in [-0.2, 0) is 6.54 Å². The molecule has 31 heteroatoms.